The van der Waals surface area contributed by atoms with E-state index >= 15 is 0 Å². The quantitative estimate of drug-likeness (QED) is 0.475. The second-order valence-corrected chi connectivity index (χ2v) is 5.73. The fraction of sp³-hybridized carbons (Fsp3) is 0.133. The lowest BCUT2D eigenvalue weighted by Gasteiger charge is -2.09. The van der Waals surface area contributed by atoms with Crippen LogP contribution in [0.15, 0.2) is 53.0 Å². The molecule has 0 bridgehead atoms. The maximum absolute atomic E-state index is 10.6. The number of halogens is 1. The smallest absolute Gasteiger partial charge is 0.269 e. The minimum absolute atomic E-state index is 0.0348. The van der Waals surface area contributed by atoms with Crippen LogP contribution in [0.4, 0.5) is 11.4 Å². The molecule has 5 nitrogen and oxygen atoms in total. The van der Waals surface area contributed by atoms with Crippen LogP contribution in [-0.4, -0.2) is 16.7 Å². The minimum Gasteiger partial charge on any atom is -0.470 e. The molecule has 2 aromatic rings. The van der Waals surface area contributed by atoms with Crippen LogP contribution in [0.25, 0.3) is 0 Å². The molecule has 2 aromatic carbocycles. The van der Waals surface area contributed by atoms with Gasteiger partial charge < -0.3 is 10.1 Å². The Morgan fingerprint density at radius 3 is 2.41 bits per heavy atom. The topological polar surface area (TPSA) is 64.4 Å². The summed E-state index contributed by atoms with van der Waals surface area (Å²) in [4.78, 5) is 10.1. The molecule has 22 heavy (non-hydrogen) atoms. The Bertz CT molecular complexity index is 659. The van der Waals surface area contributed by atoms with Gasteiger partial charge in [0.1, 0.15) is 0 Å². The Hall–Kier alpha value is -1.99. The Labute approximate surface area is 141 Å². The predicted octanol–water partition coefficient (Wildman–Crippen LogP) is 4.31. The third-order valence-corrected chi connectivity index (χ3v) is 3.61. The molecular weight excluding hydrogens is 368 g/mol. The van der Waals surface area contributed by atoms with Crippen LogP contribution in [0.5, 0.6) is 0 Å². The number of nitrogens with one attached hydrogen (secondary N) is 1. The molecule has 0 aliphatic heterocycles. The minimum atomic E-state index is -0.448. The van der Waals surface area contributed by atoms with E-state index in [1.165, 1.54) is 12.1 Å². The molecule has 7 heteroatoms. The normalized spacial score (nSPS) is 10.0. The van der Waals surface area contributed by atoms with E-state index in [2.05, 4.69) is 21.2 Å². The van der Waals surface area contributed by atoms with Gasteiger partial charge in [0, 0.05) is 28.7 Å². The molecule has 0 radical (unpaired) electrons. The molecular formula is C15H13BrN2O3S. The van der Waals surface area contributed by atoms with Crippen molar-refractivity contribution in [1.82, 2.24) is 0 Å². The number of non-ortho nitro benzene ring substituents is 1. The third-order valence-electron chi connectivity index (χ3n) is 2.86. The average molecular weight is 381 g/mol. The highest BCUT2D eigenvalue weighted by Gasteiger charge is 2.05. The summed E-state index contributed by atoms with van der Waals surface area (Å²) in [5.41, 5.74) is 1.84. The van der Waals surface area contributed by atoms with Gasteiger partial charge in [-0.25, -0.2) is 0 Å². The second kappa shape index (κ2) is 7.86. The zero-order valence-corrected chi connectivity index (χ0v) is 13.9. The lowest BCUT2D eigenvalue weighted by Crippen LogP contribution is -2.15. The largest absolute Gasteiger partial charge is 0.470 e. The van der Waals surface area contributed by atoms with Crippen molar-refractivity contribution in [2.75, 3.05) is 11.9 Å². The van der Waals surface area contributed by atoms with Crippen molar-refractivity contribution in [3.05, 3.63) is 68.7 Å². The Morgan fingerprint density at radius 1 is 1.18 bits per heavy atom. The molecule has 0 atom stereocenters. The van der Waals surface area contributed by atoms with Crippen LogP contribution in [0.2, 0.25) is 0 Å². The van der Waals surface area contributed by atoms with Gasteiger partial charge in [-0.2, -0.15) is 0 Å². The third kappa shape index (κ3) is 5.09. The van der Waals surface area contributed by atoms with Crippen molar-refractivity contribution in [2.45, 2.75) is 6.42 Å². The first-order valence-corrected chi connectivity index (χ1v) is 7.67. The van der Waals surface area contributed by atoms with Gasteiger partial charge in [-0.3, -0.25) is 10.1 Å². The van der Waals surface area contributed by atoms with Crippen LogP contribution in [0.1, 0.15) is 5.56 Å². The highest BCUT2D eigenvalue weighted by atomic mass is 79.9. The van der Waals surface area contributed by atoms with Gasteiger partial charge >= 0.3 is 0 Å². The molecule has 114 valence electrons. The van der Waals surface area contributed by atoms with E-state index in [-0.39, 0.29) is 10.9 Å². The molecule has 0 saturated heterocycles. The molecule has 0 fully saturated rings. The molecule has 2 rings (SSSR count). The van der Waals surface area contributed by atoms with Crippen LogP contribution in [0, 0.1) is 10.1 Å². The first-order chi connectivity index (χ1) is 10.5. The van der Waals surface area contributed by atoms with E-state index in [4.69, 9.17) is 17.0 Å². The molecule has 0 heterocycles. The molecule has 0 aromatic heterocycles. The van der Waals surface area contributed by atoms with Gasteiger partial charge in [-0.15, -0.1) is 0 Å². The summed E-state index contributed by atoms with van der Waals surface area (Å²) in [6.45, 7) is 0.459. The van der Waals surface area contributed by atoms with Gasteiger partial charge in [0.2, 0.25) is 0 Å². The summed E-state index contributed by atoms with van der Waals surface area (Å²) in [5.74, 6) is 0. The first kappa shape index (κ1) is 16.4. The number of benzene rings is 2. The van der Waals surface area contributed by atoms with E-state index < -0.39 is 4.92 Å². The number of hydrogen-bond acceptors (Lipinski definition) is 4. The van der Waals surface area contributed by atoms with E-state index in [9.17, 15) is 10.1 Å². The SMILES string of the molecule is O=[N+]([O-])c1ccc(NC(=S)OCCc2ccc(Br)cc2)cc1. The van der Waals surface area contributed by atoms with Gasteiger partial charge in [0.25, 0.3) is 10.9 Å². The van der Waals surface area contributed by atoms with Crippen molar-refractivity contribution < 1.29 is 9.66 Å². The van der Waals surface area contributed by atoms with E-state index in [1.807, 2.05) is 24.3 Å². The number of nitro benzene ring substituents is 1. The maximum Gasteiger partial charge on any atom is 0.269 e. The van der Waals surface area contributed by atoms with Crippen molar-refractivity contribution in [3.8, 4) is 0 Å². The predicted molar refractivity (Wildman–Crippen MR) is 93.1 cm³/mol. The molecule has 0 amide bonds. The van der Waals surface area contributed by atoms with Gasteiger partial charge in [-0.1, -0.05) is 28.1 Å². The molecule has 0 spiro atoms. The number of thiocarbonyl (C=S) groups is 1. The average Bonchev–Trinajstić information content (AvgIpc) is 2.50. The summed E-state index contributed by atoms with van der Waals surface area (Å²) < 4.78 is 6.47. The van der Waals surface area contributed by atoms with E-state index in [1.54, 1.807) is 12.1 Å². The van der Waals surface area contributed by atoms with Gasteiger partial charge in [-0.05, 0) is 42.0 Å². The van der Waals surface area contributed by atoms with Gasteiger partial charge in [0.05, 0.1) is 11.5 Å². The van der Waals surface area contributed by atoms with E-state index in [0.717, 1.165) is 16.5 Å². The lowest BCUT2D eigenvalue weighted by atomic mass is 10.2. The summed E-state index contributed by atoms with van der Waals surface area (Å²) in [7, 11) is 0. The fourth-order valence-electron chi connectivity index (χ4n) is 1.73. The monoisotopic (exact) mass is 380 g/mol. The van der Waals surface area contributed by atoms with Crippen molar-refractivity contribution in [1.29, 1.82) is 0 Å². The lowest BCUT2D eigenvalue weighted by molar-refractivity contribution is -0.384. The zero-order valence-electron chi connectivity index (χ0n) is 11.5. The Balaban J connectivity index is 1.77. The number of nitro groups is 1. The number of nitrogens with zero attached hydrogens (tertiary/aromatic N) is 1. The standard InChI is InChI=1S/C15H13BrN2O3S/c16-12-3-1-11(2-4-12)9-10-21-15(22)17-13-5-7-14(8-6-13)18(19)20/h1-8H,9-10H2,(H,17,22). The highest BCUT2D eigenvalue weighted by Crippen LogP contribution is 2.15. The van der Waals surface area contributed by atoms with Crippen LogP contribution >= 0.6 is 28.1 Å². The molecule has 0 unspecified atom stereocenters. The number of rotatable bonds is 5. The molecule has 0 saturated carbocycles. The number of ether oxygens (including phenoxy) is 1. The Kier molecular flexibility index (Phi) is 5.85. The van der Waals surface area contributed by atoms with Crippen molar-refractivity contribution in [3.63, 3.8) is 0 Å². The summed E-state index contributed by atoms with van der Waals surface area (Å²) in [5, 5.41) is 13.7. The molecule has 1 N–H and O–H groups in total. The highest BCUT2D eigenvalue weighted by molar-refractivity contribution is 9.10. The van der Waals surface area contributed by atoms with E-state index in [0.29, 0.717) is 12.3 Å². The Morgan fingerprint density at radius 2 is 1.82 bits per heavy atom. The van der Waals surface area contributed by atoms with Crippen molar-refractivity contribution >= 4 is 44.7 Å². The molecule has 0 aliphatic carbocycles. The fourth-order valence-corrected chi connectivity index (χ4v) is 2.20. The summed E-state index contributed by atoms with van der Waals surface area (Å²) in [6.07, 6.45) is 0.745. The van der Waals surface area contributed by atoms with Crippen LogP contribution < -0.4 is 5.32 Å². The molecule has 0 aliphatic rings. The van der Waals surface area contributed by atoms with Crippen LogP contribution in [-0.2, 0) is 11.2 Å². The number of anilines is 1. The number of hydrogen-bond donors (Lipinski definition) is 1. The maximum atomic E-state index is 10.6. The summed E-state index contributed by atoms with van der Waals surface area (Å²) >= 11 is 8.47. The van der Waals surface area contributed by atoms with Crippen LogP contribution in [0.3, 0.4) is 0 Å². The van der Waals surface area contributed by atoms with Crippen molar-refractivity contribution in [2.24, 2.45) is 0 Å². The summed E-state index contributed by atoms with van der Waals surface area (Å²) in [6, 6.07) is 14.0. The van der Waals surface area contributed by atoms with Gasteiger partial charge in [0.15, 0.2) is 0 Å². The first-order valence-electron chi connectivity index (χ1n) is 6.47. The zero-order chi connectivity index (χ0) is 15.9. The second-order valence-electron chi connectivity index (χ2n) is 4.44.